The van der Waals surface area contributed by atoms with Crippen molar-refractivity contribution in [1.29, 1.82) is 0 Å². The first-order chi connectivity index (χ1) is 9.84. The number of benzene rings is 1. The van der Waals surface area contributed by atoms with Gasteiger partial charge >= 0.3 is 0 Å². The van der Waals surface area contributed by atoms with Crippen LogP contribution in [0.2, 0.25) is 0 Å². The summed E-state index contributed by atoms with van der Waals surface area (Å²) in [5.41, 5.74) is 0.818. The summed E-state index contributed by atoms with van der Waals surface area (Å²) in [6.07, 6.45) is 2.06. The first-order valence-electron chi connectivity index (χ1n) is 7.09. The van der Waals surface area contributed by atoms with Crippen LogP contribution in [0.1, 0.15) is 37.0 Å². The summed E-state index contributed by atoms with van der Waals surface area (Å²) in [5, 5.41) is 13.8. The van der Waals surface area contributed by atoms with E-state index >= 15 is 0 Å². The summed E-state index contributed by atoms with van der Waals surface area (Å²) >= 11 is 0. The van der Waals surface area contributed by atoms with Crippen molar-refractivity contribution in [1.82, 2.24) is 4.90 Å². The molecule has 6 nitrogen and oxygen atoms in total. The van der Waals surface area contributed by atoms with E-state index in [0.29, 0.717) is 24.3 Å². The van der Waals surface area contributed by atoms with Crippen LogP contribution in [0.25, 0.3) is 0 Å². The van der Waals surface area contributed by atoms with Gasteiger partial charge in [0.15, 0.2) is 0 Å². The lowest BCUT2D eigenvalue weighted by Crippen LogP contribution is -2.43. The number of amides is 1. The van der Waals surface area contributed by atoms with Gasteiger partial charge in [-0.05, 0) is 30.4 Å². The summed E-state index contributed by atoms with van der Waals surface area (Å²) in [5.74, 6) is -0.131. The Kier molecular flexibility index (Phi) is 4.16. The maximum atomic E-state index is 12.5. The summed E-state index contributed by atoms with van der Waals surface area (Å²) in [4.78, 5) is 24.9. The second-order valence-electron chi connectivity index (χ2n) is 6.23. The number of nitro benzene ring substituents is 1. The van der Waals surface area contributed by atoms with Crippen molar-refractivity contribution in [3.63, 3.8) is 0 Å². The molecular formula is C15H21N3O3. The fourth-order valence-electron chi connectivity index (χ4n) is 2.81. The molecule has 0 bridgehead atoms. The normalized spacial score (nSPS) is 17.4. The standard InChI is InChI=1S/C15H21N3O3/c1-15(2)7-4-8-17(10-15)14(19)11-5-6-12(16-3)13(9-11)18(20)21/h5-6,9,16H,4,7-8,10H2,1-3H3. The van der Waals surface area contributed by atoms with E-state index in [9.17, 15) is 14.9 Å². The minimum Gasteiger partial charge on any atom is -0.383 e. The molecule has 1 aromatic rings. The Bertz CT molecular complexity index is 569. The molecule has 1 saturated heterocycles. The van der Waals surface area contributed by atoms with E-state index in [4.69, 9.17) is 0 Å². The van der Waals surface area contributed by atoms with E-state index in [1.165, 1.54) is 6.07 Å². The smallest absolute Gasteiger partial charge is 0.293 e. The average Bonchev–Trinajstić information content (AvgIpc) is 2.44. The van der Waals surface area contributed by atoms with Gasteiger partial charge in [0.2, 0.25) is 0 Å². The second-order valence-corrected chi connectivity index (χ2v) is 6.23. The van der Waals surface area contributed by atoms with Crippen molar-refractivity contribution in [2.75, 3.05) is 25.5 Å². The maximum Gasteiger partial charge on any atom is 0.293 e. The fraction of sp³-hybridized carbons (Fsp3) is 0.533. The monoisotopic (exact) mass is 291 g/mol. The molecule has 21 heavy (non-hydrogen) atoms. The number of nitrogens with one attached hydrogen (secondary N) is 1. The lowest BCUT2D eigenvalue weighted by molar-refractivity contribution is -0.384. The van der Waals surface area contributed by atoms with Gasteiger partial charge < -0.3 is 10.2 Å². The molecule has 1 fully saturated rings. The number of carbonyl (C=O) groups is 1. The van der Waals surface area contributed by atoms with E-state index in [2.05, 4.69) is 19.2 Å². The van der Waals surface area contributed by atoms with Gasteiger partial charge in [-0.15, -0.1) is 0 Å². The van der Waals surface area contributed by atoms with Gasteiger partial charge in [0.25, 0.3) is 11.6 Å². The highest BCUT2D eigenvalue weighted by atomic mass is 16.6. The minimum atomic E-state index is -0.469. The van der Waals surface area contributed by atoms with Crippen LogP contribution in [0.5, 0.6) is 0 Å². The SMILES string of the molecule is CNc1ccc(C(=O)N2CCCC(C)(C)C2)cc1[N+](=O)[O-]. The molecule has 0 saturated carbocycles. The van der Waals surface area contributed by atoms with Crippen LogP contribution in [-0.4, -0.2) is 35.9 Å². The second kappa shape index (κ2) is 5.71. The maximum absolute atomic E-state index is 12.5. The van der Waals surface area contributed by atoms with E-state index in [1.807, 2.05) is 0 Å². The van der Waals surface area contributed by atoms with Gasteiger partial charge in [-0.1, -0.05) is 13.8 Å². The number of hydrogen-bond acceptors (Lipinski definition) is 4. The largest absolute Gasteiger partial charge is 0.383 e. The zero-order valence-corrected chi connectivity index (χ0v) is 12.7. The van der Waals surface area contributed by atoms with Crippen molar-refractivity contribution in [3.05, 3.63) is 33.9 Å². The third-order valence-electron chi connectivity index (χ3n) is 3.90. The van der Waals surface area contributed by atoms with Crippen molar-refractivity contribution >= 4 is 17.3 Å². The molecule has 1 heterocycles. The van der Waals surface area contributed by atoms with Crippen molar-refractivity contribution in [2.45, 2.75) is 26.7 Å². The fourth-order valence-corrected chi connectivity index (χ4v) is 2.81. The van der Waals surface area contributed by atoms with E-state index in [1.54, 1.807) is 24.1 Å². The van der Waals surface area contributed by atoms with Gasteiger partial charge in [0.1, 0.15) is 5.69 Å². The molecule has 0 unspecified atom stereocenters. The molecule has 1 aromatic carbocycles. The zero-order chi connectivity index (χ0) is 15.6. The quantitative estimate of drug-likeness (QED) is 0.686. The predicted octanol–water partition coefficient (Wildman–Crippen LogP) is 2.90. The lowest BCUT2D eigenvalue weighted by atomic mass is 9.84. The third-order valence-corrected chi connectivity index (χ3v) is 3.90. The van der Waals surface area contributed by atoms with Crippen LogP contribution in [0.15, 0.2) is 18.2 Å². The van der Waals surface area contributed by atoms with Gasteiger partial charge in [-0.3, -0.25) is 14.9 Å². The molecule has 0 atom stereocenters. The molecule has 6 heteroatoms. The molecule has 1 aliphatic heterocycles. The van der Waals surface area contributed by atoms with Gasteiger partial charge in [0, 0.05) is 31.8 Å². The minimum absolute atomic E-state index is 0.0698. The Morgan fingerprint density at radius 3 is 2.71 bits per heavy atom. The van der Waals surface area contributed by atoms with Gasteiger partial charge in [-0.2, -0.15) is 0 Å². The number of piperidine rings is 1. The molecule has 114 valence electrons. The number of nitrogens with zero attached hydrogens (tertiary/aromatic N) is 2. The highest BCUT2D eigenvalue weighted by molar-refractivity contribution is 5.95. The number of anilines is 1. The van der Waals surface area contributed by atoms with E-state index in [-0.39, 0.29) is 17.0 Å². The number of carbonyl (C=O) groups excluding carboxylic acids is 1. The number of rotatable bonds is 3. The van der Waals surface area contributed by atoms with Crippen LogP contribution in [-0.2, 0) is 0 Å². The van der Waals surface area contributed by atoms with Gasteiger partial charge in [-0.25, -0.2) is 0 Å². The summed E-state index contributed by atoms with van der Waals surface area (Å²) in [6.45, 7) is 5.68. The zero-order valence-electron chi connectivity index (χ0n) is 12.7. The first-order valence-corrected chi connectivity index (χ1v) is 7.09. The molecule has 0 radical (unpaired) electrons. The first kappa shape index (κ1) is 15.3. The van der Waals surface area contributed by atoms with E-state index < -0.39 is 4.92 Å². The lowest BCUT2D eigenvalue weighted by Gasteiger charge is -2.38. The molecule has 1 aliphatic rings. The van der Waals surface area contributed by atoms with Crippen LogP contribution in [0.4, 0.5) is 11.4 Å². The Labute approximate surface area is 124 Å². The Hall–Kier alpha value is -2.11. The van der Waals surface area contributed by atoms with Crippen LogP contribution in [0.3, 0.4) is 0 Å². The number of nitro groups is 1. The molecule has 0 aliphatic carbocycles. The Morgan fingerprint density at radius 1 is 1.43 bits per heavy atom. The van der Waals surface area contributed by atoms with Crippen LogP contribution in [0, 0.1) is 15.5 Å². The Balaban J connectivity index is 2.27. The van der Waals surface area contributed by atoms with Crippen molar-refractivity contribution in [3.8, 4) is 0 Å². The topological polar surface area (TPSA) is 75.5 Å². The van der Waals surface area contributed by atoms with Gasteiger partial charge in [0.05, 0.1) is 4.92 Å². The molecule has 1 amide bonds. The summed E-state index contributed by atoms with van der Waals surface area (Å²) in [6, 6.07) is 4.58. The van der Waals surface area contributed by atoms with Crippen LogP contribution < -0.4 is 5.32 Å². The highest BCUT2D eigenvalue weighted by Gasteiger charge is 2.30. The molecule has 0 spiro atoms. The van der Waals surface area contributed by atoms with E-state index in [0.717, 1.165) is 12.8 Å². The molecule has 2 rings (SSSR count). The molecule has 1 N–H and O–H groups in total. The molecular weight excluding hydrogens is 270 g/mol. The summed E-state index contributed by atoms with van der Waals surface area (Å²) in [7, 11) is 1.62. The predicted molar refractivity (Wildman–Crippen MR) is 81.6 cm³/mol. The molecule has 0 aromatic heterocycles. The van der Waals surface area contributed by atoms with Crippen molar-refractivity contribution < 1.29 is 9.72 Å². The third kappa shape index (κ3) is 3.32. The summed E-state index contributed by atoms with van der Waals surface area (Å²) < 4.78 is 0. The van der Waals surface area contributed by atoms with Crippen LogP contribution >= 0.6 is 0 Å². The number of likely N-dealkylation sites (tertiary alicyclic amines) is 1. The Morgan fingerprint density at radius 2 is 2.14 bits per heavy atom. The average molecular weight is 291 g/mol. The highest BCUT2D eigenvalue weighted by Crippen LogP contribution is 2.30. The number of hydrogen-bond donors (Lipinski definition) is 1. The van der Waals surface area contributed by atoms with Crippen molar-refractivity contribution in [2.24, 2.45) is 5.41 Å².